The van der Waals surface area contributed by atoms with Crippen molar-refractivity contribution in [3.63, 3.8) is 0 Å². The summed E-state index contributed by atoms with van der Waals surface area (Å²) in [7, 11) is 0. The maximum absolute atomic E-state index is 12.0. The van der Waals surface area contributed by atoms with Crippen LogP contribution in [0.4, 0.5) is 5.69 Å². The summed E-state index contributed by atoms with van der Waals surface area (Å²) in [5.74, 6) is 0. The molecule has 0 radical (unpaired) electrons. The van der Waals surface area contributed by atoms with E-state index < -0.39 is 4.92 Å². The van der Waals surface area contributed by atoms with Crippen LogP contribution in [-0.2, 0) is 6.54 Å². The van der Waals surface area contributed by atoms with Gasteiger partial charge in [-0.1, -0.05) is 30.3 Å². The third kappa shape index (κ3) is 3.32. The highest BCUT2D eigenvalue weighted by molar-refractivity contribution is 5.60. The molecule has 0 N–H and O–H groups in total. The van der Waals surface area contributed by atoms with Gasteiger partial charge in [0.1, 0.15) is 0 Å². The number of hydrogen-bond acceptors (Lipinski definition) is 4. The van der Waals surface area contributed by atoms with Gasteiger partial charge in [0.2, 0.25) is 0 Å². The molecule has 0 atom stereocenters. The van der Waals surface area contributed by atoms with Crippen molar-refractivity contribution < 1.29 is 4.92 Å². The minimum Gasteiger partial charge on any atom is -0.268 e. The van der Waals surface area contributed by atoms with Gasteiger partial charge in [-0.05, 0) is 23.8 Å². The topological polar surface area (TPSA) is 78.0 Å². The van der Waals surface area contributed by atoms with E-state index in [9.17, 15) is 14.9 Å². The molecule has 0 aliphatic carbocycles. The molecule has 6 nitrogen and oxygen atoms in total. The van der Waals surface area contributed by atoms with Crippen LogP contribution in [0.25, 0.3) is 11.3 Å². The normalized spacial score (nSPS) is 10.4. The molecule has 0 amide bonds. The summed E-state index contributed by atoms with van der Waals surface area (Å²) in [5.41, 5.74) is 2.11. The average Bonchev–Trinajstić information content (AvgIpc) is 2.58. The second kappa shape index (κ2) is 6.23. The van der Waals surface area contributed by atoms with Crippen LogP contribution in [0.15, 0.2) is 71.5 Å². The maximum Gasteiger partial charge on any atom is 0.269 e. The number of non-ortho nitro benzene ring substituents is 1. The Bertz CT molecular complexity index is 887. The molecule has 1 aromatic heterocycles. The Labute approximate surface area is 131 Å². The van der Waals surface area contributed by atoms with Gasteiger partial charge < -0.3 is 0 Å². The summed E-state index contributed by atoms with van der Waals surface area (Å²) in [5, 5.41) is 15.0. The van der Waals surface area contributed by atoms with E-state index in [0.29, 0.717) is 12.2 Å². The van der Waals surface area contributed by atoms with Crippen molar-refractivity contribution in [3.05, 3.63) is 92.8 Å². The van der Waals surface area contributed by atoms with Crippen LogP contribution < -0.4 is 5.56 Å². The molecule has 0 saturated carbocycles. The molecule has 23 heavy (non-hydrogen) atoms. The Morgan fingerprint density at radius 2 is 1.65 bits per heavy atom. The van der Waals surface area contributed by atoms with Gasteiger partial charge in [0.15, 0.2) is 0 Å². The Hall–Kier alpha value is -3.28. The van der Waals surface area contributed by atoms with E-state index in [1.807, 2.05) is 30.3 Å². The Morgan fingerprint density at radius 3 is 2.30 bits per heavy atom. The first-order valence-electron chi connectivity index (χ1n) is 7.00. The van der Waals surface area contributed by atoms with Gasteiger partial charge in [-0.25, -0.2) is 4.68 Å². The molecular weight excluding hydrogens is 294 g/mol. The minimum atomic E-state index is -0.451. The molecule has 0 fully saturated rings. The highest BCUT2D eigenvalue weighted by Gasteiger charge is 2.08. The van der Waals surface area contributed by atoms with Gasteiger partial charge in [-0.3, -0.25) is 14.9 Å². The number of benzene rings is 2. The smallest absolute Gasteiger partial charge is 0.268 e. The zero-order valence-corrected chi connectivity index (χ0v) is 12.1. The fourth-order valence-electron chi connectivity index (χ4n) is 2.23. The Balaban J connectivity index is 1.93. The number of hydrogen-bond donors (Lipinski definition) is 0. The maximum atomic E-state index is 12.0. The predicted octanol–water partition coefficient (Wildman–Crippen LogP) is 2.87. The molecule has 114 valence electrons. The minimum absolute atomic E-state index is 0.0198. The largest absolute Gasteiger partial charge is 0.269 e. The molecule has 0 spiro atoms. The molecule has 0 unspecified atom stereocenters. The Kier molecular flexibility index (Phi) is 3.97. The molecule has 0 aliphatic rings. The zero-order valence-electron chi connectivity index (χ0n) is 12.1. The molecule has 1 heterocycles. The number of nitro benzene ring substituents is 1. The summed E-state index contributed by atoms with van der Waals surface area (Å²) in [6, 6.07) is 18.7. The van der Waals surface area contributed by atoms with Gasteiger partial charge in [-0.2, -0.15) is 5.10 Å². The van der Waals surface area contributed by atoms with Gasteiger partial charge in [0.05, 0.1) is 17.2 Å². The van der Waals surface area contributed by atoms with Crippen molar-refractivity contribution >= 4 is 5.69 Å². The van der Waals surface area contributed by atoms with Crippen molar-refractivity contribution in [2.75, 3.05) is 0 Å². The summed E-state index contributed by atoms with van der Waals surface area (Å²) < 4.78 is 1.38. The summed E-state index contributed by atoms with van der Waals surface area (Å²) in [6.45, 7) is 0.375. The third-order valence-corrected chi connectivity index (χ3v) is 3.42. The number of nitrogens with zero attached hydrogens (tertiary/aromatic N) is 3. The highest BCUT2D eigenvalue weighted by Crippen LogP contribution is 2.19. The van der Waals surface area contributed by atoms with E-state index in [0.717, 1.165) is 11.1 Å². The highest BCUT2D eigenvalue weighted by atomic mass is 16.6. The van der Waals surface area contributed by atoms with Crippen LogP contribution in [0.3, 0.4) is 0 Å². The fraction of sp³-hybridized carbons (Fsp3) is 0.0588. The molecule has 3 rings (SSSR count). The molecule has 0 aliphatic heterocycles. The van der Waals surface area contributed by atoms with Crippen LogP contribution in [0.1, 0.15) is 5.56 Å². The number of rotatable bonds is 4. The van der Waals surface area contributed by atoms with Crippen LogP contribution in [0.2, 0.25) is 0 Å². The standard InChI is InChI=1S/C17H13N3O3/c21-17-11-10-16(14-6-8-15(9-7-14)20(22)23)18-19(17)12-13-4-2-1-3-5-13/h1-11H,12H2. The van der Waals surface area contributed by atoms with Gasteiger partial charge in [0.25, 0.3) is 11.2 Å². The van der Waals surface area contributed by atoms with Crippen LogP contribution in [0.5, 0.6) is 0 Å². The van der Waals surface area contributed by atoms with Crippen molar-refractivity contribution in [2.45, 2.75) is 6.54 Å². The first-order chi connectivity index (χ1) is 11.1. The lowest BCUT2D eigenvalue weighted by Crippen LogP contribution is -2.22. The molecule has 2 aromatic carbocycles. The van der Waals surface area contributed by atoms with E-state index in [2.05, 4.69) is 5.10 Å². The van der Waals surface area contributed by atoms with E-state index in [-0.39, 0.29) is 11.2 Å². The van der Waals surface area contributed by atoms with Crippen molar-refractivity contribution in [2.24, 2.45) is 0 Å². The van der Waals surface area contributed by atoms with Crippen LogP contribution in [-0.4, -0.2) is 14.7 Å². The first kappa shape index (κ1) is 14.6. The fourth-order valence-corrected chi connectivity index (χ4v) is 2.23. The summed E-state index contributed by atoms with van der Waals surface area (Å²) in [6.07, 6.45) is 0. The third-order valence-electron chi connectivity index (χ3n) is 3.42. The summed E-state index contributed by atoms with van der Waals surface area (Å²) >= 11 is 0. The quantitative estimate of drug-likeness (QED) is 0.548. The monoisotopic (exact) mass is 307 g/mol. The second-order valence-corrected chi connectivity index (χ2v) is 5.00. The molecule has 0 saturated heterocycles. The SMILES string of the molecule is O=c1ccc(-c2ccc([N+](=O)[O-])cc2)nn1Cc1ccccc1. The Morgan fingerprint density at radius 1 is 0.957 bits per heavy atom. The lowest BCUT2D eigenvalue weighted by molar-refractivity contribution is -0.384. The lowest BCUT2D eigenvalue weighted by atomic mass is 10.1. The van der Waals surface area contributed by atoms with Crippen molar-refractivity contribution in [1.82, 2.24) is 9.78 Å². The van der Waals surface area contributed by atoms with E-state index in [4.69, 9.17) is 0 Å². The van der Waals surface area contributed by atoms with E-state index in [1.54, 1.807) is 18.2 Å². The van der Waals surface area contributed by atoms with Gasteiger partial charge in [0, 0.05) is 23.8 Å². The number of nitro groups is 1. The van der Waals surface area contributed by atoms with Crippen molar-refractivity contribution in [1.29, 1.82) is 0 Å². The average molecular weight is 307 g/mol. The van der Waals surface area contributed by atoms with E-state index >= 15 is 0 Å². The van der Waals surface area contributed by atoms with E-state index in [1.165, 1.54) is 22.9 Å². The lowest BCUT2D eigenvalue weighted by Gasteiger charge is -2.07. The first-order valence-corrected chi connectivity index (χ1v) is 7.00. The zero-order chi connectivity index (χ0) is 16.2. The second-order valence-electron chi connectivity index (χ2n) is 5.00. The van der Waals surface area contributed by atoms with Gasteiger partial charge in [-0.15, -0.1) is 0 Å². The predicted molar refractivity (Wildman–Crippen MR) is 86.1 cm³/mol. The van der Waals surface area contributed by atoms with Crippen LogP contribution >= 0.6 is 0 Å². The van der Waals surface area contributed by atoms with Crippen LogP contribution in [0, 0.1) is 10.1 Å². The number of aromatic nitrogens is 2. The molecule has 6 heteroatoms. The van der Waals surface area contributed by atoms with Crippen molar-refractivity contribution in [3.8, 4) is 11.3 Å². The molecular formula is C17H13N3O3. The molecule has 0 bridgehead atoms. The summed E-state index contributed by atoms with van der Waals surface area (Å²) in [4.78, 5) is 22.2. The van der Waals surface area contributed by atoms with Gasteiger partial charge >= 0.3 is 0 Å². The molecule has 3 aromatic rings.